The van der Waals surface area contributed by atoms with Gasteiger partial charge in [-0.1, -0.05) is 18.2 Å². The van der Waals surface area contributed by atoms with Crippen molar-refractivity contribution in [2.75, 3.05) is 0 Å². The number of aromatic nitrogens is 2. The van der Waals surface area contributed by atoms with Gasteiger partial charge in [0.2, 0.25) is 5.95 Å². The lowest BCUT2D eigenvalue weighted by atomic mass is 10.1. The molecule has 1 aromatic carbocycles. The number of rotatable bonds is 4. The summed E-state index contributed by atoms with van der Waals surface area (Å²) >= 11 is 0. The molecule has 0 amide bonds. The van der Waals surface area contributed by atoms with E-state index in [0.29, 0.717) is 18.0 Å². The Labute approximate surface area is 104 Å². The zero-order valence-electron chi connectivity index (χ0n) is 9.84. The van der Waals surface area contributed by atoms with Crippen molar-refractivity contribution in [3.05, 3.63) is 48.0 Å². The molecule has 1 fully saturated rings. The zero-order chi connectivity index (χ0) is 12.5. The maximum Gasteiger partial charge on any atom is 0.227 e. The van der Waals surface area contributed by atoms with Crippen molar-refractivity contribution in [3.63, 3.8) is 0 Å². The van der Waals surface area contributed by atoms with Crippen LogP contribution in [0.3, 0.4) is 0 Å². The predicted molar refractivity (Wildman–Crippen MR) is 65.2 cm³/mol. The smallest absolute Gasteiger partial charge is 0.227 e. The minimum atomic E-state index is -0.563. The molecule has 0 unspecified atom stereocenters. The van der Waals surface area contributed by atoms with Crippen molar-refractivity contribution >= 4 is 5.78 Å². The molecule has 0 bridgehead atoms. The maximum absolute atomic E-state index is 14.1. The number of ketones is 1. The molecule has 0 radical (unpaired) electrons. The lowest BCUT2D eigenvalue weighted by Gasteiger charge is -2.01. The summed E-state index contributed by atoms with van der Waals surface area (Å²) in [5, 5.41) is 3.96. The van der Waals surface area contributed by atoms with Crippen molar-refractivity contribution < 1.29 is 9.18 Å². The highest BCUT2D eigenvalue weighted by Crippen LogP contribution is 2.33. The topological polar surface area (TPSA) is 34.9 Å². The molecule has 1 aromatic heterocycles. The Morgan fingerprint density at radius 3 is 2.72 bits per heavy atom. The van der Waals surface area contributed by atoms with E-state index in [1.165, 1.54) is 10.9 Å². The summed E-state index contributed by atoms with van der Waals surface area (Å²) in [6.07, 6.45) is 3.94. The summed E-state index contributed by atoms with van der Waals surface area (Å²) in [7, 11) is 0. The monoisotopic (exact) mass is 244 g/mol. The first kappa shape index (κ1) is 11.1. The Morgan fingerprint density at radius 1 is 1.33 bits per heavy atom. The number of carbonyl (C=O) groups excluding carboxylic acids is 1. The van der Waals surface area contributed by atoms with Crippen LogP contribution >= 0.6 is 0 Å². The van der Waals surface area contributed by atoms with E-state index in [1.807, 2.05) is 18.2 Å². The second-order valence-corrected chi connectivity index (χ2v) is 4.67. The molecule has 0 spiro atoms. The Morgan fingerprint density at radius 2 is 2.06 bits per heavy atom. The van der Waals surface area contributed by atoms with Crippen LogP contribution in [0.4, 0.5) is 4.39 Å². The van der Waals surface area contributed by atoms with Crippen LogP contribution < -0.4 is 0 Å². The van der Waals surface area contributed by atoms with E-state index in [9.17, 15) is 9.18 Å². The lowest BCUT2D eigenvalue weighted by Crippen LogP contribution is -2.05. The Balaban J connectivity index is 1.89. The molecule has 92 valence electrons. The first-order chi connectivity index (χ1) is 8.75. The second kappa shape index (κ2) is 4.37. The highest BCUT2D eigenvalue weighted by Gasteiger charge is 2.27. The van der Waals surface area contributed by atoms with Gasteiger partial charge in [-0.25, -0.2) is 4.68 Å². The number of hydrogen-bond donors (Lipinski definition) is 0. The van der Waals surface area contributed by atoms with Crippen LogP contribution in [0.1, 0.15) is 29.6 Å². The summed E-state index contributed by atoms with van der Waals surface area (Å²) in [5.41, 5.74) is 0.728. The van der Waals surface area contributed by atoms with Crippen LogP contribution in [0.5, 0.6) is 0 Å². The van der Waals surface area contributed by atoms with Gasteiger partial charge < -0.3 is 0 Å². The number of carbonyl (C=O) groups is 1. The van der Waals surface area contributed by atoms with E-state index in [0.717, 1.165) is 12.8 Å². The molecule has 1 heterocycles. The van der Waals surface area contributed by atoms with Crippen LogP contribution in [-0.4, -0.2) is 15.6 Å². The zero-order valence-corrected chi connectivity index (χ0v) is 9.84. The van der Waals surface area contributed by atoms with Crippen molar-refractivity contribution in [2.45, 2.75) is 19.3 Å². The average molecular weight is 244 g/mol. The number of benzene rings is 1. The van der Waals surface area contributed by atoms with E-state index < -0.39 is 5.95 Å². The molecule has 1 aliphatic carbocycles. The normalized spacial score (nSPS) is 14.7. The molecule has 4 heteroatoms. The number of Topliss-reactive ketones (excluding diaryl/α,β-unsaturated/α-hetero) is 1. The van der Waals surface area contributed by atoms with Gasteiger partial charge in [0, 0.05) is 6.42 Å². The number of nitrogens with zero attached hydrogens (tertiary/aromatic N) is 2. The van der Waals surface area contributed by atoms with E-state index >= 15 is 0 Å². The molecule has 18 heavy (non-hydrogen) atoms. The second-order valence-electron chi connectivity index (χ2n) is 4.67. The van der Waals surface area contributed by atoms with E-state index in [2.05, 4.69) is 5.10 Å². The fourth-order valence-corrected chi connectivity index (χ4v) is 1.96. The van der Waals surface area contributed by atoms with Gasteiger partial charge in [-0.15, -0.1) is 0 Å². The molecule has 0 N–H and O–H groups in total. The number of para-hydroxylation sites is 1. The molecule has 3 nitrogen and oxygen atoms in total. The van der Waals surface area contributed by atoms with Gasteiger partial charge in [-0.05, 0) is 30.9 Å². The highest BCUT2D eigenvalue weighted by molar-refractivity contribution is 5.96. The summed E-state index contributed by atoms with van der Waals surface area (Å²) in [4.78, 5) is 11.9. The molecule has 3 rings (SSSR count). The van der Waals surface area contributed by atoms with Gasteiger partial charge in [-0.2, -0.15) is 9.49 Å². The van der Waals surface area contributed by atoms with Crippen molar-refractivity contribution in [1.29, 1.82) is 0 Å². The average Bonchev–Trinajstić information content (AvgIpc) is 3.11. The van der Waals surface area contributed by atoms with Crippen LogP contribution in [0, 0.1) is 11.9 Å². The third kappa shape index (κ3) is 2.06. The van der Waals surface area contributed by atoms with Gasteiger partial charge in [0.05, 0.1) is 17.4 Å². The van der Waals surface area contributed by atoms with Gasteiger partial charge in [0.25, 0.3) is 0 Å². The molecule has 2 aromatic rings. The Kier molecular flexibility index (Phi) is 2.70. The third-order valence-electron chi connectivity index (χ3n) is 3.18. The minimum absolute atomic E-state index is 0.103. The van der Waals surface area contributed by atoms with Crippen LogP contribution in [0.15, 0.2) is 36.5 Å². The maximum atomic E-state index is 14.1. The summed E-state index contributed by atoms with van der Waals surface area (Å²) in [5.74, 6) is -0.249. The van der Waals surface area contributed by atoms with Crippen LogP contribution in [0.2, 0.25) is 0 Å². The first-order valence-electron chi connectivity index (χ1n) is 6.08. The number of hydrogen-bond acceptors (Lipinski definition) is 2. The molecule has 0 aliphatic heterocycles. The Hall–Kier alpha value is -1.97. The number of halogens is 1. The fourth-order valence-electron chi connectivity index (χ4n) is 1.96. The lowest BCUT2D eigenvalue weighted by molar-refractivity contribution is 0.0972. The SMILES string of the molecule is O=C(CC1CC1)c1cnn(-c2ccccc2)c1F. The molecule has 1 saturated carbocycles. The fraction of sp³-hybridized carbons (Fsp3) is 0.286. The molecule has 0 atom stereocenters. The summed E-state index contributed by atoms with van der Waals surface area (Å²) < 4.78 is 15.3. The van der Waals surface area contributed by atoms with Crippen LogP contribution in [0.25, 0.3) is 5.69 Å². The molecule has 0 saturated heterocycles. The molecular weight excluding hydrogens is 231 g/mol. The summed E-state index contributed by atoms with van der Waals surface area (Å²) in [6.45, 7) is 0. The molecular formula is C14H13FN2O. The standard InChI is InChI=1S/C14H13FN2O/c15-14-12(13(18)8-10-6-7-10)9-16-17(14)11-4-2-1-3-5-11/h1-5,9-10H,6-8H2. The minimum Gasteiger partial charge on any atom is -0.294 e. The van der Waals surface area contributed by atoms with Gasteiger partial charge >= 0.3 is 0 Å². The van der Waals surface area contributed by atoms with Crippen LogP contribution in [-0.2, 0) is 0 Å². The van der Waals surface area contributed by atoms with E-state index in [4.69, 9.17) is 0 Å². The third-order valence-corrected chi connectivity index (χ3v) is 3.18. The van der Waals surface area contributed by atoms with Crippen molar-refractivity contribution in [2.24, 2.45) is 5.92 Å². The van der Waals surface area contributed by atoms with Crippen molar-refractivity contribution in [3.8, 4) is 5.69 Å². The Bertz CT molecular complexity index is 573. The van der Waals surface area contributed by atoms with E-state index in [1.54, 1.807) is 12.1 Å². The predicted octanol–water partition coefficient (Wildman–Crippen LogP) is 2.99. The van der Waals surface area contributed by atoms with Gasteiger partial charge in [-0.3, -0.25) is 4.79 Å². The first-order valence-corrected chi connectivity index (χ1v) is 6.08. The van der Waals surface area contributed by atoms with Gasteiger partial charge in [0.1, 0.15) is 0 Å². The summed E-state index contributed by atoms with van der Waals surface area (Å²) in [6, 6.07) is 8.98. The quantitative estimate of drug-likeness (QED) is 0.775. The van der Waals surface area contributed by atoms with E-state index in [-0.39, 0.29) is 11.3 Å². The largest absolute Gasteiger partial charge is 0.294 e. The van der Waals surface area contributed by atoms with Crippen molar-refractivity contribution in [1.82, 2.24) is 9.78 Å². The molecule has 1 aliphatic rings. The highest BCUT2D eigenvalue weighted by atomic mass is 19.1. The van der Waals surface area contributed by atoms with Gasteiger partial charge in [0.15, 0.2) is 5.78 Å².